The first kappa shape index (κ1) is 15.3. The lowest BCUT2D eigenvalue weighted by Gasteiger charge is -2.13. The summed E-state index contributed by atoms with van der Waals surface area (Å²) in [5, 5.41) is 0. The Morgan fingerprint density at radius 3 is 2.27 bits per heavy atom. The van der Waals surface area contributed by atoms with E-state index >= 15 is 0 Å². The molecule has 0 N–H and O–H groups in total. The van der Waals surface area contributed by atoms with Crippen LogP contribution in [0.15, 0.2) is 24.3 Å². The Morgan fingerprint density at radius 2 is 1.77 bits per heavy atom. The van der Waals surface area contributed by atoms with Gasteiger partial charge in [0.1, 0.15) is 4.33 Å². The lowest BCUT2D eigenvalue weighted by Crippen LogP contribution is -2.32. The van der Waals surface area contributed by atoms with Crippen LogP contribution in [0.5, 0.6) is 0 Å². The molecule has 22 heavy (non-hydrogen) atoms. The van der Waals surface area contributed by atoms with Crippen LogP contribution in [0, 0.1) is 5.92 Å². The summed E-state index contributed by atoms with van der Waals surface area (Å²) in [4.78, 5) is 36.9. The van der Waals surface area contributed by atoms with Crippen molar-refractivity contribution in [3.05, 3.63) is 35.4 Å². The lowest BCUT2D eigenvalue weighted by molar-refractivity contribution is -0.144. The molecule has 1 fully saturated rings. The smallest absolute Gasteiger partial charge is 0.307 e. The number of amides is 2. The number of imide groups is 1. The molecule has 1 saturated carbocycles. The van der Waals surface area contributed by atoms with Gasteiger partial charge in [-0.2, -0.15) is 0 Å². The third-order valence-electron chi connectivity index (χ3n) is 3.82. The molecule has 7 heteroatoms. The molecule has 2 amide bonds. The fourth-order valence-electron chi connectivity index (χ4n) is 2.36. The van der Waals surface area contributed by atoms with E-state index in [1.165, 1.54) is 0 Å². The van der Waals surface area contributed by atoms with E-state index < -0.39 is 10.3 Å². The predicted octanol–water partition coefficient (Wildman–Crippen LogP) is 2.41. The lowest BCUT2D eigenvalue weighted by atomic mass is 10.1. The molecule has 116 valence electrons. The van der Waals surface area contributed by atoms with Gasteiger partial charge in [0.25, 0.3) is 11.8 Å². The highest BCUT2D eigenvalue weighted by Crippen LogP contribution is 2.53. The number of nitrogens with zero attached hydrogens (tertiary/aromatic N) is 1. The third kappa shape index (κ3) is 2.83. The molecule has 1 aliphatic heterocycles. The van der Waals surface area contributed by atoms with Gasteiger partial charge in [0.05, 0.1) is 24.2 Å². The molecule has 3 rings (SSSR count). The number of hydrogen-bond acceptors (Lipinski definition) is 4. The van der Waals surface area contributed by atoms with Gasteiger partial charge in [-0.1, -0.05) is 12.1 Å². The minimum Gasteiger partial charge on any atom is -0.465 e. The summed E-state index contributed by atoms with van der Waals surface area (Å²) in [6, 6.07) is 6.59. The van der Waals surface area contributed by atoms with Gasteiger partial charge in [-0.3, -0.25) is 19.3 Å². The Hall–Kier alpha value is -1.59. The van der Waals surface area contributed by atoms with Crippen LogP contribution in [0.2, 0.25) is 0 Å². The maximum atomic E-state index is 12.1. The fourth-order valence-corrected chi connectivity index (χ4v) is 2.86. The number of hydrogen-bond donors (Lipinski definition) is 0. The molecule has 0 saturated heterocycles. The Kier molecular flexibility index (Phi) is 3.87. The number of halogens is 2. The highest BCUT2D eigenvalue weighted by atomic mass is 35.5. The van der Waals surface area contributed by atoms with Crippen molar-refractivity contribution in [1.82, 2.24) is 4.90 Å². The van der Waals surface area contributed by atoms with Crippen LogP contribution in [0.1, 0.15) is 33.6 Å². The van der Waals surface area contributed by atoms with E-state index in [0.717, 1.165) is 4.90 Å². The first-order valence-corrected chi connectivity index (χ1v) is 7.64. The third-order valence-corrected chi connectivity index (χ3v) is 4.74. The molecule has 0 bridgehead atoms. The van der Waals surface area contributed by atoms with Crippen LogP contribution in [0.25, 0.3) is 0 Å². The number of fused-ring (bicyclic) bond motifs is 1. The van der Waals surface area contributed by atoms with Crippen LogP contribution in [-0.4, -0.2) is 40.2 Å². The molecule has 1 aromatic carbocycles. The Bertz CT molecular complexity index is 624. The number of ether oxygens (including phenoxy) is 1. The van der Waals surface area contributed by atoms with Crippen molar-refractivity contribution in [2.24, 2.45) is 5.92 Å². The van der Waals surface area contributed by atoms with Crippen molar-refractivity contribution in [2.45, 2.75) is 17.2 Å². The van der Waals surface area contributed by atoms with Crippen molar-refractivity contribution < 1.29 is 19.1 Å². The topological polar surface area (TPSA) is 63.7 Å². The first-order valence-electron chi connectivity index (χ1n) is 6.89. The van der Waals surface area contributed by atoms with Crippen LogP contribution >= 0.6 is 23.2 Å². The molecule has 2 aliphatic rings. The molecule has 0 unspecified atom stereocenters. The highest BCUT2D eigenvalue weighted by Gasteiger charge is 2.52. The summed E-state index contributed by atoms with van der Waals surface area (Å²) in [6.45, 7) is 0.163. The van der Waals surface area contributed by atoms with Crippen LogP contribution in [0.4, 0.5) is 0 Å². The summed E-state index contributed by atoms with van der Waals surface area (Å²) in [5.74, 6) is -1.28. The van der Waals surface area contributed by atoms with Crippen LogP contribution in [0.3, 0.4) is 0 Å². The molecule has 1 atom stereocenters. The minimum atomic E-state index is -0.789. The first-order chi connectivity index (χ1) is 10.4. The van der Waals surface area contributed by atoms with Crippen molar-refractivity contribution >= 4 is 41.0 Å². The Labute approximate surface area is 137 Å². The fraction of sp³-hybridized carbons (Fsp3) is 0.400. The average molecular weight is 342 g/mol. The maximum absolute atomic E-state index is 12.1. The number of rotatable bonds is 5. The van der Waals surface area contributed by atoms with Gasteiger partial charge in [-0.15, -0.1) is 23.2 Å². The second kappa shape index (κ2) is 5.56. The number of benzene rings is 1. The van der Waals surface area contributed by atoms with Crippen molar-refractivity contribution in [1.29, 1.82) is 0 Å². The quantitative estimate of drug-likeness (QED) is 0.468. The summed E-state index contributed by atoms with van der Waals surface area (Å²) in [6.07, 6.45) is 0.553. The van der Waals surface area contributed by atoms with Gasteiger partial charge in [-0.05, 0) is 18.6 Å². The number of carbonyl (C=O) groups excluding carboxylic acids is 3. The largest absolute Gasteiger partial charge is 0.465 e. The molecule has 5 nitrogen and oxygen atoms in total. The van der Waals surface area contributed by atoms with E-state index in [2.05, 4.69) is 0 Å². The molecular formula is C15H13Cl2NO4. The van der Waals surface area contributed by atoms with Gasteiger partial charge in [0.15, 0.2) is 0 Å². The van der Waals surface area contributed by atoms with E-state index in [1.54, 1.807) is 24.3 Å². The molecule has 1 heterocycles. The second-order valence-electron chi connectivity index (χ2n) is 5.40. The van der Waals surface area contributed by atoms with Gasteiger partial charge < -0.3 is 4.74 Å². The predicted molar refractivity (Wildman–Crippen MR) is 79.9 cm³/mol. The summed E-state index contributed by atoms with van der Waals surface area (Å²) >= 11 is 11.7. The zero-order valence-corrected chi connectivity index (χ0v) is 13.1. The Morgan fingerprint density at radius 1 is 1.23 bits per heavy atom. The SMILES string of the molecule is O=C(CCN1C(=O)c2ccccc2C1=O)OC[C@H]1CC1(Cl)Cl. The van der Waals surface area contributed by atoms with Gasteiger partial charge >= 0.3 is 5.97 Å². The monoisotopic (exact) mass is 341 g/mol. The number of carbonyl (C=O) groups is 3. The minimum absolute atomic E-state index is 0.00272. The van der Waals surface area contributed by atoms with E-state index in [9.17, 15) is 14.4 Å². The van der Waals surface area contributed by atoms with E-state index in [1.807, 2.05) is 0 Å². The standard InChI is InChI=1S/C15H13Cl2NO4/c16-15(17)7-9(15)8-22-12(19)5-6-18-13(20)10-3-1-2-4-11(10)14(18)21/h1-4,9H,5-8H2/t9-/m1/s1. The van der Waals surface area contributed by atoms with Gasteiger partial charge in [0, 0.05) is 12.5 Å². The van der Waals surface area contributed by atoms with E-state index in [4.69, 9.17) is 27.9 Å². The van der Waals surface area contributed by atoms with Gasteiger partial charge in [-0.25, -0.2) is 0 Å². The number of alkyl halides is 2. The highest BCUT2D eigenvalue weighted by molar-refractivity contribution is 6.50. The molecule has 1 aliphatic carbocycles. The second-order valence-corrected chi connectivity index (χ2v) is 6.95. The average Bonchev–Trinajstić information content (AvgIpc) is 3.03. The maximum Gasteiger partial charge on any atom is 0.307 e. The number of esters is 1. The normalized spacial score (nSPS) is 21.7. The zero-order chi connectivity index (χ0) is 15.9. The van der Waals surface area contributed by atoms with Gasteiger partial charge in [0.2, 0.25) is 0 Å². The molecular weight excluding hydrogens is 329 g/mol. The molecule has 0 spiro atoms. The summed E-state index contributed by atoms with van der Waals surface area (Å²) in [7, 11) is 0. The molecule has 0 radical (unpaired) electrons. The Balaban J connectivity index is 1.51. The van der Waals surface area contributed by atoms with Crippen LogP contribution in [-0.2, 0) is 9.53 Å². The van der Waals surface area contributed by atoms with Crippen molar-refractivity contribution in [3.63, 3.8) is 0 Å². The molecule has 1 aromatic rings. The zero-order valence-electron chi connectivity index (χ0n) is 11.6. The van der Waals surface area contributed by atoms with Crippen LogP contribution < -0.4 is 0 Å². The van der Waals surface area contributed by atoms with E-state index in [-0.39, 0.29) is 37.3 Å². The summed E-state index contributed by atoms with van der Waals surface area (Å²) < 4.78 is 4.26. The summed E-state index contributed by atoms with van der Waals surface area (Å²) in [5.41, 5.74) is 0.737. The van der Waals surface area contributed by atoms with E-state index in [0.29, 0.717) is 17.5 Å². The van der Waals surface area contributed by atoms with Crippen molar-refractivity contribution in [3.8, 4) is 0 Å². The molecule has 0 aromatic heterocycles. The van der Waals surface area contributed by atoms with Crippen molar-refractivity contribution in [2.75, 3.05) is 13.2 Å².